The Labute approximate surface area is 122 Å². The molecule has 0 aliphatic carbocycles. The molecule has 1 aromatic carbocycles. The van der Waals surface area contributed by atoms with Crippen molar-refractivity contribution in [2.45, 2.75) is 12.5 Å². The molecular weight excluding hydrogens is 306 g/mol. The van der Waals surface area contributed by atoms with Gasteiger partial charge in [0.05, 0.1) is 11.3 Å². The SMILES string of the molecule is NC(=O)C[C@@H](NC(=O)c1cccc(Cl)c1[N+](=O)[O-])C(=O)O. The second-order valence-electron chi connectivity index (χ2n) is 3.93. The van der Waals surface area contributed by atoms with Crippen LogP contribution >= 0.6 is 11.6 Å². The Kier molecular flexibility index (Phi) is 5.19. The third kappa shape index (κ3) is 4.14. The van der Waals surface area contributed by atoms with Crippen LogP contribution in [-0.2, 0) is 9.59 Å². The highest BCUT2D eigenvalue weighted by Gasteiger charge is 2.28. The maximum Gasteiger partial charge on any atom is 0.326 e. The lowest BCUT2D eigenvalue weighted by molar-refractivity contribution is -0.385. The van der Waals surface area contributed by atoms with Crippen molar-refractivity contribution in [3.8, 4) is 0 Å². The number of nitro benzene ring substituents is 1. The Morgan fingerprint density at radius 2 is 2.05 bits per heavy atom. The highest BCUT2D eigenvalue weighted by Crippen LogP contribution is 2.28. The van der Waals surface area contributed by atoms with E-state index >= 15 is 0 Å². The van der Waals surface area contributed by atoms with E-state index in [2.05, 4.69) is 0 Å². The van der Waals surface area contributed by atoms with E-state index in [-0.39, 0.29) is 5.02 Å². The number of nitrogens with two attached hydrogens (primary N) is 1. The minimum absolute atomic E-state index is 0.269. The number of amides is 2. The lowest BCUT2D eigenvalue weighted by atomic mass is 10.1. The van der Waals surface area contributed by atoms with E-state index in [4.69, 9.17) is 22.4 Å². The van der Waals surface area contributed by atoms with Gasteiger partial charge < -0.3 is 16.2 Å². The molecule has 4 N–H and O–H groups in total. The van der Waals surface area contributed by atoms with Gasteiger partial charge in [-0.15, -0.1) is 0 Å². The summed E-state index contributed by atoms with van der Waals surface area (Å²) in [6.45, 7) is 0. The van der Waals surface area contributed by atoms with Gasteiger partial charge in [0.1, 0.15) is 16.6 Å². The summed E-state index contributed by atoms with van der Waals surface area (Å²) in [6.07, 6.45) is -0.643. The molecule has 9 nitrogen and oxygen atoms in total. The van der Waals surface area contributed by atoms with Gasteiger partial charge in [0.25, 0.3) is 5.91 Å². The number of nitrogens with one attached hydrogen (secondary N) is 1. The van der Waals surface area contributed by atoms with E-state index in [1.54, 1.807) is 0 Å². The van der Waals surface area contributed by atoms with Gasteiger partial charge in [-0.05, 0) is 12.1 Å². The number of benzene rings is 1. The number of nitrogens with zero attached hydrogens (tertiary/aromatic N) is 1. The zero-order valence-corrected chi connectivity index (χ0v) is 11.2. The molecule has 1 rings (SSSR count). The number of hydrogen-bond donors (Lipinski definition) is 3. The third-order valence-electron chi connectivity index (χ3n) is 2.42. The van der Waals surface area contributed by atoms with Gasteiger partial charge in [0.2, 0.25) is 5.91 Å². The number of nitro groups is 1. The Bertz CT molecular complexity index is 618. The Morgan fingerprint density at radius 3 is 2.52 bits per heavy atom. The van der Waals surface area contributed by atoms with Gasteiger partial charge in [-0.3, -0.25) is 19.7 Å². The van der Waals surface area contributed by atoms with E-state index in [0.29, 0.717) is 0 Å². The van der Waals surface area contributed by atoms with Gasteiger partial charge >= 0.3 is 11.7 Å². The molecule has 112 valence electrons. The predicted octanol–water partition coefficient (Wildman–Crippen LogP) is 0.307. The molecule has 0 fully saturated rings. The van der Waals surface area contributed by atoms with Crippen LogP contribution in [0.25, 0.3) is 0 Å². The van der Waals surface area contributed by atoms with Crippen LogP contribution in [0.3, 0.4) is 0 Å². The van der Waals surface area contributed by atoms with Gasteiger partial charge in [0.15, 0.2) is 0 Å². The molecule has 0 bridgehead atoms. The van der Waals surface area contributed by atoms with E-state index < -0.39 is 46.4 Å². The van der Waals surface area contributed by atoms with Crippen molar-refractivity contribution in [1.29, 1.82) is 0 Å². The molecule has 0 heterocycles. The minimum Gasteiger partial charge on any atom is -0.480 e. The second kappa shape index (κ2) is 6.66. The number of carboxylic acid groups (broad SMARTS) is 1. The van der Waals surface area contributed by atoms with Crippen LogP contribution < -0.4 is 11.1 Å². The highest BCUT2D eigenvalue weighted by atomic mass is 35.5. The summed E-state index contributed by atoms with van der Waals surface area (Å²) in [7, 11) is 0. The smallest absolute Gasteiger partial charge is 0.326 e. The summed E-state index contributed by atoms with van der Waals surface area (Å²) in [5.41, 5.74) is 3.80. The zero-order valence-electron chi connectivity index (χ0n) is 10.4. The third-order valence-corrected chi connectivity index (χ3v) is 2.73. The Balaban J connectivity index is 3.09. The quantitative estimate of drug-likeness (QED) is 0.507. The van der Waals surface area contributed by atoms with Gasteiger partial charge in [-0.25, -0.2) is 4.79 Å². The van der Waals surface area contributed by atoms with Crippen molar-refractivity contribution >= 4 is 35.1 Å². The fraction of sp³-hybridized carbons (Fsp3) is 0.182. The molecule has 10 heteroatoms. The Morgan fingerprint density at radius 1 is 1.43 bits per heavy atom. The summed E-state index contributed by atoms with van der Waals surface area (Å²) in [4.78, 5) is 43.6. The van der Waals surface area contributed by atoms with Crippen molar-refractivity contribution in [3.63, 3.8) is 0 Å². The van der Waals surface area contributed by atoms with Crippen LogP contribution in [0.1, 0.15) is 16.8 Å². The molecular formula is C11H10ClN3O6. The summed E-state index contributed by atoms with van der Waals surface area (Å²) in [6, 6.07) is 2.04. The fourth-order valence-electron chi connectivity index (χ4n) is 1.52. The van der Waals surface area contributed by atoms with Gasteiger partial charge in [0, 0.05) is 0 Å². The fourth-order valence-corrected chi connectivity index (χ4v) is 1.76. The first-order valence-electron chi connectivity index (χ1n) is 5.49. The number of primary amides is 1. The van der Waals surface area contributed by atoms with Crippen LogP contribution in [0.2, 0.25) is 5.02 Å². The second-order valence-corrected chi connectivity index (χ2v) is 4.34. The first-order chi connectivity index (χ1) is 9.73. The van der Waals surface area contributed by atoms with Crippen LogP contribution in [0, 0.1) is 10.1 Å². The summed E-state index contributed by atoms with van der Waals surface area (Å²) in [5.74, 6) is -3.48. The molecule has 0 saturated heterocycles. The van der Waals surface area contributed by atoms with Crippen LogP contribution in [0.15, 0.2) is 18.2 Å². The molecule has 0 radical (unpaired) electrons. The van der Waals surface area contributed by atoms with Crippen molar-refractivity contribution in [3.05, 3.63) is 38.9 Å². The van der Waals surface area contributed by atoms with Crippen LogP contribution in [0.5, 0.6) is 0 Å². The lowest BCUT2D eigenvalue weighted by Gasteiger charge is -2.13. The van der Waals surface area contributed by atoms with E-state index in [0.717, 1.165) is 6.07 Å². The topological polar surface area (TPSA) is 153 Å². The number of para-hydroxylation sites is 1. The molecule has 0 aliphatic rings. The molecule has 21 heavy (non-hydrogen) atoms. The first-order valence-corrected chi connectivity index (χ1v) is 5.86. The van der Waals surface area contributed by atoms with Crippen LogP contribution in [-0.4, -0.2) is 33.9 Å². The number of carboxylic acids is 1. The molecule has 0 spiro atoms. The molecule has 1 atom stereocenters. The van der Waals surface area contributed by atoms with E-state index in [1.165, 1.54) is 12.1 Å². The summed E-state index contributed by atoms with van der Waals surface area (Å²) < 4.78 is 0. The Hall–Kier alpha value is -2.68. The van der Waals surface area contributed by atoms with Gasteiger partial charge in [-0.1, -0.05) is 17.7 Å². The highest BCUT2D eigenvalue weighted by molar-refractivity contribution is 6.33. The average molecular weight is 316 g/mol. The number of halogens is 1. The number of rotatable bonds is 6. The predicted molar refractivity (Wildman–Crippen MR) is 70.8 cm³/mol. The molecule has 0 aromatic heterocycles. The molecule has 0 unspecified atom stereocenters. The lowest BCUT2D eigenvalue weighted by Crippen LogP contribution is -2.43. The maximum absolute atomic E-state index is 11.9. The number of carbonyl (C=O) groups excluding carboxylic acids is 2. The van der Waals surface area contributed by atoms with Crippen LogP contribution in [0.4, 0.5) is 5.69 Å². The minimum atomic E-state index is -1.59. The standard InChI is InChI=1S/C11H10ClN3O6/c12-6-3-1-2-5(9(6)15(20)21)10(17)14-7(11(18)19)4-8(13)16/h1-3,7H,4H2,(H2,13,16)(H,14,17)(H,18,19)/t7-/m1/s1. The molecule has 0 aliphatic heterocycles. The van der Waals surface area contributed by atoms with Crippen molar-refractivity contribution in [2.75, 3.05) is 0 Å². The van der Waals surface area contributed by atoms with Gasteiger partial charge in [-0.2, -0.15) is 0 Å². The number of carbonyl (C=O) groups is 3. The average Bonchev–Trinajstić information content (AvgIpc) is 2.36. The number of aliphatic carboxylic acids is 1. The largest absolute Gasteiger partial charge is 0.480 e. The van der Waals surface area contributed by atoms with Crippen molar-refractivity contribution < 1.29 is 24.4 Å². The summed E-state index contributed by atoms with van der Waals surface area (Å²) >= 11 is 5.64. The van der Waals surface area contributed by atoms with Crippen molar-refractivity contribution in [1.82, 2.24) is 5.32 Å². The molecule has 0 saturated carbocycles. The van der Waals surface area contributed by atoms with Crippen molar-refractivity contribution in [2.24, 2.45) is 5.73 Å². The normalized spacial score (nSPS) is 11.5. The zero-order chi connectivity index (χ0) is 16.2. The first kappa shape index (κ1) is 16.4. The number of hydrogen-bond acceptors (Lipinski definition) is 5. The molecule has 2 amide bonds. The van der Waals surface area contributed by atoms with E-state index in [1.807, 2.05) is 5.32 Å². The van der Waals surface area contributed by atoms with E-state index in [9.17, 15) is 24.5 Å². The monoisotopic (exact) mass is 315 g/mol. The summed E-state index contributed by atoms with van der Waals surface area (Å²) in [5, 5.41) is 21.5. The maximum atomic E-state index is 11.9. The molecule has 1 aromatic rings.